The quantitative estimate of drug-likeness (QED) is 0.438. The van der Waals surface area contributed by atoms with Crippen molar-refractivity contribution < 1.29 is 23.8 Å². The standard InChI is InChI=1S/C24H26ClNO5/c1-23-20(12-13-25)21(27)26(14-17-8-10-19(29-2)11-9-17)24(23,22(28)31-23)16-30-15-18-6-4-3-5-7-18/h3-11,20H,12-16H2,1-2H3/t20-,23-,24-/m1/s1. The molecular formula is C24H26ClNO5. The summed E-state index contributed by atoms with van der Waals surface area (Å²) in [7, 11) is 1.60. The number of hydrogen-bond donors (Lipinski definition) is 0. The third kappa shape index (κ3) is 3.48. The molecule has 6 nitrogen and oxygen atoms in total. The lowest BCUT2D eigenvalue weighted by atomic mass is 9.71. The zero-order valence-electron chi connectivity index (χ0n) is 17.7. The first-order chi connectivity index (χ1) is 15.0. The number of methoxy groups -OCH3 is 1. The summed E-state index contributed by atoms with van der Waals surface area (Å²) < 4.78 is 16.8. The van der Waals surface area contributed by atoms with Crippen molar-refractivity contribution in [2.24, 2.45) is 5.92 Å². The Labute approximate surface area is 187 Å². The van der Waals surface area contributed by atoms with E-state index in [0.717, 1.165) is 16.9 Å². The highest BCUT2D eigenvalue weighted by Crippen LogP contribution is 2.55. The summed E-state index contributed by atoms with van der Waals surface area (Å²) in [6, 6.07) is 17.2. The van der Waals surface area contributed by atoms with E-state index in [4.69, 9.17) is 25.8 Å². The first kappa shape index (κ1) is 21.7. The van der Waals surface area contributed by atoms with Crippen LogP contribution in [0.4, 0.5) is 0 Å². The summed E-state index contributed by atoms with van der Waals surface area (Å²) in [4.78, 5) is 28.0. The number of alkyl halides is 1. The number of benzene rings is 2. The number of ether oxygens (including phenoxy) is 3. The van der Waals surface area contributed by atoms with E-state index in [9.17, 15) is 9.59 Å². The Morgan fingerprint density at radius 3 is 2.39 bits per heavy atom. The molecule has 2 heterocycles. The summed E-state index contributed by atoms with van der Waals surface area (Å²) in [5.74, 6) is -0.0253. The normalized spacial score (nSPS) is 26.9. The number of likely N-dealkylation sites (tertiary alicyclic amines) is 1. The molecule has 164 valence electrons. The topological polar surface area (TPSA) is 65.1 Å². The number of nitrogens with zero attached hydrogens (tertiary/aromatic N) is 1. The molecule has 0 saturated carbocycles. The van der Waals surface area contributed by atoms with Crippen LogP contribution >= 0.6 is 11.6 Å². The first-order valence-electron chi connectivity index (χ1n) is 10.3. The van der Waals surface area contributed by atoms with Gasteiger partial charge in [0.1, 0.15) is 5.75 Å². The van der Waals surface area contributed by atoms with Gasteiger partial charge in [-0.05, 0) is 36.6 Å². The molecule has 0 radical (unpaired) electrons. The molecule has 1 amide bonds. The van der Waals surface area contributed by atoms with Crippen LogP contribution in [-0.4, -0.2) is 47.5 Å². The van der Waals surface area contributed by atoms with E-state index < -0.39 is 23.0 Å². The van der Waals surface area contributed by atoms with E-state index in [1.807, 2.05) is 61.5 Å². The molecule has 0 spiro atoms. The number of carbonyl (C=O) groups is 2. The number of halogens is 1. The molecule has 0 aliphatic carbocycles. The maximum absolute atomic E-state index is 13.4. The van der Waals surface area contributed by atoms with Crippen molar-refractivity contribution in [2.45, 2.75) is 37.6 Å². The lowest BCUT2D eigenvalue weighted by molar-refractivity contribution is -0.243. The zero-order chi connectivity index (χ0) is 22.1. The second-order valence-corrected chi connectivity index (χ2v) is 8.52. The Balaban J connectivity index is 1.62. The SMILES string of the molecule is COc1ccc(CN2C(=O)[C@@H](CCCl)[C@@]3(C)OC(=O)[C@@]23COCc2ccccc2)cc1. The molecule has 31 heavy (non-hydrogen) atoms. The maximum atomic E-state index is 13.4. The summed E-state index contributed by atoms with van der Waals surface area (Å²) in [6.45, 7) is 2.51. The van der Waals surface area contributed by atoms with Gasteiger partial charge >= 0.3 is 5.97 Å². The Kier molecular flexibility index (Phi) is 5.95. The molecule has 0 N–H and O–H groups in total. The van der Waals surface area contributed by atoms with Crippen LogP contribution in [0.25, 0.3) is 0 Å². The second kappa shape index (κ2) is 8.52. The molecule has 3 atom stereocenters. The molecule has 2 fully saturated rings. The highest BCUT2D eigenvalue weighted by molar-refractivity contribution is 6.18. The Morgan fingerprint density at radius 2 is 1.77 bits per heavy atom. The average Bonchev–Trinajstić information content (AvgIpc) is 2.91. The van der Waals surface area contributed by atoms with Gasteiger partial charge in [-0.2, -0.15) is 0 Å². The van der Waals surface area contributed by atoms with E-state index >= 15 is 0 Å². The van der Waals surface area contributed by atoms with Crippen LogP contribution in [0.5, 0.6) is 5.75 Å². The van der Waals surface area contributed by atoms with Crippen molar-refractivity contribution in [3.8, 4) is 5.75 Å². The predicted octanol–water partition coefficient (Wildman–Crippen LogP) is 3.55. The van der Waals surface area contributed by atoms with Gasteiger partial charge in [-0.1, -0.05) is 42.5 Å². The monoisotopic (exact) mass is 443 g/mol. The van der Waals surface area contributed by atoms with Crippen LogP contribution in [0.15, 0.2) is 54.6 Å². The molecule has 2 saturated heterocycles. The molecule has 2 aliphatic heterocycles. The van der Waals surface area contributed by atoms with Crippen molar-refractivity contribution in [3.63, 3.8) is 0 Å². The van der Waals surface area contributed by atoms with Crippen LogP contribution in [0.1, 0.15) is 24.5 Å². The zero-order valence-corrected chi connectivity index (χ0v) is 18.4. The van der Waals surface area contributed by atoms with Gasteiger partial charge in [-0.3, -0.25) is 4.79 Å². The highest BCUT2D eigenvalue weighted by atomic mass is 35.5. The third-order valence-electron chi connectivity index (χ3n) is 6.47. The number of rotatable bonds is 9. The van der Waals surface area contributed by atoms with Gasteiger partial charge < -0.3 is 19.1 Å². The summed E-state index contributed by atoms with van der Waals surface area (Å²) in [6.07, 6.45) is 0.434. The van der Waals surface area contributed by atoms with Crippen molar-refractivity contribution >= 4 is 23.5 Å². The third-order valence-corrected chi connectivity index (χ3v) is 6.69. The molecule has 2 aromatic rings. The maximum Gasteiger partial charge on any atom is 0.339 e. The number of hydrogen-bond acceptors (Lipinski definition) is 5. The number of amides is 1. The van der Waals surface area contributed by atoms with E-state index in [0.29, 0.717) is 18.9 Å². The van der Waals surface area contributed by atoms with Crippen molar-refractivity contribution in [1.29, 1.82) is 0 Å². The van der Waals surface area contributed by atoms with Crippen molar-refractivity contribution in [2.75, 3.05) is 19.6 Å². The lowest BCUT2D eigenvalue weighted by Crippen LogP contribution is -2.76. The van der Waals surface area contributed by atoms with Crippen LogP contribution in [0.3, 0.4) is 0 Å². The molecular weight excluding hydrogens is 418 g/mol. The summed E-state index contributed by atoms with van der Waals surface area (Å²) in [5, 5.41) is 0. The number of fused-ring (bicyclic) bond motifs is 1. The molecule has 2 aromatic carbocycles. The van der Waals surface area contributed by atoms with Crippen LogP contribution in [-0.2, 0) is 32.2 Å². The summed E-state index contributed by atoms with van der Waals surface area (Å²) in [5.41, 5.74) is -0.254. The average molecular weight is 444 g/mol. The fourth-order valence-electron chi connectivity index (χ4n) is 4.67. The number of esters is 1. The van der Waals surface area contributed by atoms with Crippen molar-refractivity contribution in [1.82, 2.24) is 4.90 Å². The van der Waals surface area contributed by atoms with Gasteiger partial charge in [0.25, 0.3) is 0 Å². The van der Waals surface area contributed by atoms with Crippen molar-refractivity contribution in [3.05, 3.63) is 65.7 Å². The fourth-order valence-corrected chi connectivity index (χ4v) is 4.89. The molecule has 7 heteroatoms. The van der Waals surface area contributed by atoms with Gasteiger partial charge in [0.2, 0.25) is 11.4 Å². The number of carbonyl (C=O) groups excluding carboxylic acids is 2. The second-order valence-electron chi connectivity index (χ2n) is 8.14. The molecule has 0 aromatic heterocycles. The molecule has 4 rings (SSSR count). The molecule has 2 aliphatic rings. The van der Waals surface area contributed by atoms with E-state index in [-0.39, 0.29) is 19.1 Å². The van der Waals surface area contributed by atoms with Gasteiger partial charge in [0, 0.05) is 12.4 Å². The Hall–Kier alpha value is -2.57. The summed E-state index contributed by atoms with van der Waals surface area (Å²) >= 11 is 6.00. The van der Waals surface area contributed by atoms with Gasteiger partial charge in [-0.15, -0.1) is 11.6 Å². The van der Waals surface area contributed by atoms with E-state index in [1.165, 1.54) is 0 Å². The van der Waals surface area contributed by atoms with Gasteiger partial charge in [-0.25, -0.2) is 4.79 Å². The van der Waals surface area contributed by atoms with Crippen LogP contribution in [0, 0.1) is 5.92 Å². The Bertz CT molecular complexity index is 950. The minimum atomic E-state index is -1.17. The van der Waals surface area contributed by atoms with Gasteiger partial charge in [0.05, 0.1) is 26.2 Å². The highest BCUT2D eigenvalue weighted by Gasteiger charge is 2.79. The smallest absolute Gasteiger partial charge is 0.339 e. The van der Waals surface area contributed by atoms with Gasteiger partial charge in [0.15, 0.2) is 5.60 Å². The minimum Gasteiger partial charge on any atom is -0.497 e. The van der Waals surface area contributed by atoms with Crippen LogP contribution in [0.2, 0.25) is 0 Å². The van der Waals surface area contributed by atoms with Crippen LogP contribution < -0.4 is 4.74 Å². The Morgan fingerprint density at radius 1 is 1.06 bits per heavy atom. The minimum absolute atomic E-state index is 0.0674. The largest absolute Gasteiger partial charge is 0.497 e. The molecule has 0 bridgehead atoms. The fraction of sp³-hybridized carbons (Fsp3) is 0.417. The first-order valence-corrected chi connectivity index (χ1v) is 10.8. The molecule has 0 unspecified atom stereocenters. The van der Waals surface area contributed by atoms with E-state index in [1.54, 1.807) is 12.0 Å². The lowest BCUT2D eigenvalue weighted by Gasteiger charge is -2.53. The predicted molar refractivity (Wildman–Crippen MR) is 116 cm³/mol. The van der Waals surface area contributed by atoms with E-state index in [2.05, 4.69) is 0 Å².